The first-order valence-corrected chi connectivity index (χ1v) is 14.1. The first-order valence-electron chi connectivity index (χ1n) is 13.3. The van der Waals surface area contributed by atoms with Crippen LogP contribution in [0.15, 0.2) is 76.5 Å². The van der Waals surface area contributed by atoms with E-state index in [0.29, 0.717) is 24.6 Å². The van der Waals surface area contributed by atoms with Crippen LogP contribution in [0.5, 0.6) is 0 Å². The van der Waals surface area contributed by atoms with E-state index in [0.717, 1.165) is 57.8 Å². The van der Waals surface area contributed by atoms with Crippen LogP contribution in [-0.4, -0.2) is 41.1 Å². The highest BCUT2D eigenvalue weighted by Crippen LogP contribution is 2.33. The zero-order valence-electron chi connectivity index (χ0n) is 22.6. The van der Waals surface area contributed by atoms with Crippen LogP contribution in [0, 0.1) is 17.0 Å². The minimum absolute atomic E-state index is 0.125. The van der Waals surface area contributed by atoms with E-state index in [9.17, 15) is 10.1 Å². The van der Waals surface area contributed by atoms with Crippen molar-refractivity contribution in [3.05, 3.63) is 88.0 Å². The highest BCUT2D eigenvalue weighted by Gasteiger charge is 2.23. The molecule has 1 aliphatic carbocycles. The van der Waals surface area contributed by atoms with Gasteiger partial charge >= 0.3 is 0 Å². The Morgan fingerprint density at radius 2 is 1.69 bits per heavy atom. The Labute approximate surface area is 233 Å². The van der Waals surface area contributed by atoms with E-state index in [1.54, 1.807) is 23.9 Å². The van der Waals surface area contributed by atoms with Gasteiger partial charge in [-0.1, -0.05) is 41.6 Å². The number of benzene rings is 3. The minimum atomic E-state index is -0.322. The third-order valence-electron chi connectivity index (χ3n) is 7.15. The molecule has 0 atom stereocenters. The lowest BCUT2D eigenvalue weighted by molar-refractivity contribution is -0.385. The third-order valence-corrected chi connectivity index (χ3v) is 8.28. The largest absolute Gasteiger partial charge is 0.362 e. The summed E-state index contributed by atoms with van der Waals surface area (Å²) in [6.45, 7) is 2.66. The van der Waals surface area contributed by atoms with Gasteiger partial charge in [-0.25, -0.2) is 4.98 Å². The summed E-state index contributed by atoms with van der Waals surface area (Å²) < 4.78 is 0. The van der Waals surface area contributed by atoms with Gasteiger partial charge < -0.3 is 15.5 Å². The van der Waals surface area contributed by atoms with Crippen LogP contribution in [-0.2, 0) is 6.54 Å². The molecular formula is C30H34N6O2S. The number of fused-ring (bicyclic) bond motifs is 1. The molecule has 1 heterocycles. The summed E-state index contributed by atoms with van der Waals surface area (Å²) in [4.78, 5) is 24.9. The summed E-state index contributed by atoms with van der Waals surface area (Å²) in [6, 6.07) is 22.3. The lowest BCUT2D eigenvalue weighted by Crippen LogP contribution is -2.37. The van der Waals surface area contributed by atoms with Crippen LogP contribution >= 0.6 is 11.8 Å². The molecule has 0 saturated heterocycles. The zero-order chi connectivity index (χ0) is 27.4. The molecule has 1 fully saturated rings. The second-order valence-electron chi connectivity index (χ2n) is 10.3. The molecule has 2 N–H and O–H groups in total. The van der Waals surface area contributed by atoms with Crippen molar-refractivity contribution in [2.45, 2.75) is 61.0 Å². The fourth-order valence-corrected chi connectivity index (χ4v) is 5.92. The summed E-state index contributed by atoms with van der Waals surface area (Å²) in [7, 11) is 4.00. The summed E-state index contributed by atoms with van der Waals surface area (Å²) in [6.07, 6.45) is 4.04. The Balaban J connectivity index is 1.21. The fourth-order valence-electron chi connectivity index (χ4n) is 4.99. The van der Waals surface area contributed by atoms with Crippen LogP contribution in [0.25, 0.3) is 10.9 Å². The molecule has 202 valence electrons. The van der Waals surface area contributed by atoms with E-state index < -0.39 is 0 Å². The highest BCUT2D eigenvalue weighted by atomic mass is 32.2. The van der Waals surface area contributed by atoms with Crippen LogP contribution in [0.4, 0.5) is 17.5 Å². The van der Waals surface area contributed by atoms with Crippen LogP contribution in [0.1, 0.15) is 36.8 Å². The summed E-state index contributed by atoms with van der Waals surface area (Å²) in [5, 5.41) is 19.7. The predicted molar refractivity (Wildman–Crippen MR) is 159 cm³/mol. The zero-order valence-corrected chi connectivity index (χ0v) is 23.4. The topological polar surface area (TPSA) is 96.2 Å². The maximum Gasteiger partial charge on any atom is 0.269 e. The van der Waals surface area contributed by atoms with Gasteiger partial charge in [0.25, 0.3) is 5.69 Å². The first-order chi connectivity index (χ1) is 18.9. The van der Waals surface area contributed by atoms with Crippen LogP contribution < -0.4 is 15.5 Å². The molecule has 0 amide bonds. The van der Waals surface area contributed by atoms with Crippen molar-refractivity contribution < 1.29 is 4.92 Å². The van der Waals surface area contributed by atoms with Crippen molar-refractivity contribution >= 4 is 40.1 Å². The number of aromatic nitrogens is 2. The molecule has 8 nitrogen and oxygen atoms in total. The van der Waals surface area contributed by atoms with E-state index in [-0.39, 0.29) is 10.6 Å². The molecule has 0 spiro atoms. The maximum absolute atomic E-state index is 11.4. The Morgan fingerprint density at radius 3 is 2.41 bits per heavy atom. The second-order valence-corrected chi connectivity index (χ2v) is 11.4. The van der Waals surface area contributed by atoms with Gasteiger partial charge in [0.1, 0.15) is 5.82 Å². The number of nitro groups is 1. The molecule has 3 aromatic carbocycles. The van der Waals surface area contributed by atoms with Crippen molar-refractivity contribution in [2.24, 2.45) is 0 Å². The Hall–Kier alpha value is -3.69. The molecule has 0 radical (unpaired) electrons. The number of anilines is 2. The fraction of sp³-hybridized carbons (Fsp3) is 0.333. The Morgan fingerprint density at radius 1 is 0.974 bits per heavy atom. The van der Waals surface area contributed by atoms with E-state index in [1.165, 1.54) is 5.56 Å². The van der Waals surface area contributed by atoms with E-state index in [4.69, 9.17) is 9.97 Å². The van der Waals surface area contributed by atoms with Crippen molar-refractivity contribution in [1.29, 1.82) is 0 Å². The van der Waals surface area contributed by atoms with Gasteiger partial charge in [-0.05, 0) is 68.5 Å². The highest BCUT2D eigenvalue weighted by molar-refractivity contribution is 7.99. The number of nitrogens with zero attached hydrogens (tertiary/aromatic N) is 4. The van der Waals surface area contributed by atoms with Gasteiger partial charge in [0.15, 0.2) is 0 Å². The van der Waals surface area contributed by atoms with Gasteiger partial charge in [-0.15, -0.1) is 0 Å². The van der Waals surface area contributed by atoms with Gasteiger partial charge in [-0.2, -0.15) is 4.98 Å². The summed E-state index contributed by atoms with van der Waals surface area (Å²) >= 11 is 1.65. The van der Waals surface area contributed by atoms with Crippen LogP contribution in [0.2, 0.25) is 0 Å². The number of aryl methyl sites for hydroxylation is 1. The molecule has 1 aliphatic rings. The number of rotatable bonds is 9. The van der Waals surface area contributed by atoms with Crippen molar-refractivity contribution in [1.82, 2.24) is 15.3 Å². The SMILES string of the molecule is Cc1ccc(Sc2ccc([N+](=O)[O-])cc2CN[C@H]2CC[C@@H](Nc3nc(N(C)C)c4ccccc4n3)CC2)cc1. The average molecular weight is 543 g/mol. The van der Waals surface area contributed by atoms with Crippen molar-refractivity contribution in [2.75, 3.05) is 24.3 Å². The molecule has 0 bridgehead atoms. The van der Waals surface area contributed by atoms with E-state index in [2.05, 4.69) is 47.9 Å². The average Bonchev–Trinajstić information content (AvgIpc) is 2.94. The maximum atomic E-state index is 11.4. The number of nitro benzene ring substituents is 1. The quantitative estimate of drug-likeness (QED) is 0.181. The number of nitrogens with one attached hydrogen (secondary N) is 2. The Kier molecular flexibility index (Phi) is 8.28. The molecule has 4 aromatic rings. The lowest BCUT2D eigenvalue weighted by atomic mass is 9.91. The lowest BCUT2D eigenvalue weighted by Gasteiger charge is -2.30. The van der Waals surface area contributed by atoms with E-state index in [1.807, 2.05) is 43.3 Å². The molecule has 0 aliphatic heterocycles. The second kappa shape index (κ2) is 12.0. The van der Waals surface area contributed by atoms with E-state index >= 15 is 0 Å². The predicted octanol–water partition coefficient (Wildman–Crippen LogP) is 6.58. The van der Waals surface area contributed by atoms with Crippen molar-refractivity contribution in [3.63, 3.8) is 0 Å². The van der Waals surface area contributed by atoms with Crippen LogP contribution in [0.3, 0.4) is 0 Å². The minimum Gasteiger partial charge on any atom is -0.362 e. The molecule has 39 heavy (non-hydrogen) atoms. The number of hydrogen-bond acceptors (Lipinski definition) is 8. The summed E-state index contributed by atoms with van der Waals surface area (Å²) in [5.41, 5.74) is 3.22. The van der Waals surface area contributed by atoms with Gasteiger partial charge in [0, 0.05) is 60.0 Å². The smallest absolute Gasteiger partial charge is 0.269 e. The number of hydrogen-bond donors (Lipinski definition) is 2. The standard InChI is InChI=1S/C30H34N6O2S/c1-20-8-15-25(16-9-20)39-28-17-14-24(36(37)38)18-21(28)19-31-22-10-12-23(13-11-22)32-30-33-27-7-5-4-6-26(27)29(34-30)35(2)3/h4-9,14-18,22-23,31H,10-13,19H2,1-3H3,(H,32,33,34)/t22-,23+. The molecular weight excluding hydrogens is 508 g/mol. The molecule has 1 aromatic heterocycles. The first kappa shape index (κ1) is 26.9. The van der Waals surface area contributed by atoms with Gasteiger partial charge in [0.2, 0.25) is 5.95 Å². The van der Waals surface area contributed by atoms with Gasteiger partial charge in [-0.3, -0.25) is 10.1 Å². The molecule has 1 saturated carbocycles. The summed E-state index contributed by atoms with van der Waals surface area (Å²) in [5.74, 6) is 1.58. The third kappa shape index (κ3) is 6.66. The normalized spacial score (nSPS) is 17.2. The van der Waals surface area contributed by atoms with Gasteiger partial charge in [0.05, 0.1) is 10.4 Å². The van der Waals surface area contributed by atoms with Crippen molar-refractivity contribution in [3.8, 4) is 0 Å². The monoisotopic (exact) mass is 542 g/mol. The number of para-hydroxylation sites is 1. The Bertz CT molecular complexity index is 1450. The number of non-ortho nitro benzene ring substituents is 1. The molecule has 5 rings (SSSR count). The molecule has 9 heteroatoms. The molecule has 0 unspecified atom stereocenters.